The highest BCUT2D eigenvalue weighted by atomic mass is 32.2. The number of amides is 1. The van der Waals surface area contributed by atoms with Gasteiger partial charge in [0, 0.05) is 12.3 Å². The Bertz CT molecular complexity index is 1250. The van der Waals surface area contributed by atoms with E-state index in [0.29, 0.717) is 5.52 Å². The van der Waals surface area contributed by atoms with Crippen LogP contribution in [0.2, 0.25) is 0 Å². The van der Waals surface area contributed by atoms with Crippen molar-refractivity contribution in [1.29, 1.82) is 0 Å². The summed E-state index contributed by atoms with van der Waals surface area (Å²) in [5, 5.41) is 2.31. The third kappa shape index (κ3) is 5.95. The Morgan fingerprint density at radius 2 is 2.18 bits per heavy atom. The van der Waals surface area contributed by atoms with Gasteiger partial charge in [0.1, 0.15) is 17.7 Å². The third-order valence-corrected chi connectivity index (χ3v) is 8.61. The molecule has 2 aromatic heterocycles. The number of carbonyl (C=O) groups excluding carboxylic acids is 2. The van der Waals surface area contributed by atoms with Crippen LogP contribution < -0.4 is 11.1 Å². The van der Waals surface area contributed by atoms with Crippen molar-refractivity contribution in [3.05, 3.63) is 12.5 Å². The molecule has 14 nitrogen and oxygen atoms in total. The van der Waals surface area contributed by atoms with Gasteiger partial charge in [0.15, 0.2) is 22.7 Å². The van der Waals surface area contributed by atoms with E-state index in [-0.39, 0.29) is 48.8 Å². The fourth-order valence-electron chi connectivity index (χ4n) is 3.95. The fraction of sp³-hybridized carbons (Fsp3) is 0.667. The van der Waals surface area contributed by atoms with Crippen molar-refractivity contribution in [2.24, 2.45) is 5.41 Å². The number of phosphoric ester groups is 1. The number of thioether (sulfide) groups is 1. The highest BCUT2D eigenvalue weighted by molar-refractivity contribution is 8.13. The Morgan fingerprint density at radius 1 is 1.42 bits per heavy atom. The van der Waals surface area contributed by atoms with Gasteiger partial charge in [0.2, 0.25) is 5.95 Å². The number of aromatic nitrogens is 4. The number of halogens is 1. The largest absolute Gasteiger partial charge is 0.475 e. The lowest BCUT2D eigenvalue weighted by molar-refractivity contribution is -0.117. The molecule has 2 aliphatic heterocycles. The quantitative estimate of drug-likeness (QED) is 0.329. The van der Waals surface area contributed by atoms with Gasteiger partial charge in [0.05, 0.1) is 37.8 Å². The molecule has 2 aromatic rings. The number of phosphoric acid groups is 1. The van der Waals surface area contributed by atoms with Crippen molar-refractivity contribution in [2.45, 2.75) is 51.8 Å². The van der Waals surface area contributed by atoms with Gasteiger partial charge in [0.25, 0.3) is 0 Å². The van der Waals surface area contributed by atoms with Crippen LogP contribution in [0, 0.1) is 5.41 Å². The Morgan fingerprint density at radius 3 is 2.92 bits per heavy atom. The van der Waals surface area contributed by atoms with Crippen molar-refractivity contribution in [3.8, 4) is 0 Å². The summed E-state index contributed by atoms with van der Waals surface area (Å²) in [7, 11) is -4.15. The van der Waals surface area contributed by atoms with Crippen molar-refractivity contribution in [3.63, 3.8) is 0 Å². The second-order valence-electron chi connectivity index (χ2n) is 9.46. The topological polar surface area (TPSA) is 179 Å². The number of rotatable bonds is 9. The van der Waals surface area contributed by atoms with Crippen LogP contribution in [0.5, 0.6) is 0 Å². The summed E-state index contributed by atoms with van der Waals surface area (Å²) >= 11 is 0.936. The molecule has 210 valence electrons. The lowest BCUT2D eigenvalue weighted by atomic mass is 9.96. The van der Waals surface area contributed by atoms with Gasteiger partial charge in [-0.3, -0.25) is 22.9 Å². The highest BCUT2D eigenvalue weighted by Crippen LogP contribution is 2.59. The number of nitrogens with one attached hydrogen (secondary N) is 1. The fourth-order valence-corrected chi connectivity index (χ4v) is 6.35. The zero-order valence-electron chi connectivity index (χ0n) is 21.3. The average molecular weight is 577 g/mol. The molecule has 0 saturated carbocycles. The summed E-state index contributed by atoms with van der Waals surface area (Å²) in [5.74, 6) is 0.114. The van der Waals surface area contributed by atoms with Crippen molar-refractivity contribution < 1.29 is 41.6 Å². The van der Waals surface area contributed by atoms with Gasteiger partial charge < -0.3 is 20.5 Å². The molecule has 17 heteroatoms. The van der Waals surface area contributed by atoms with E-state index in [1.807, 2.05) is 0 Å². The van der Waals surface area contributed by atoms with Crippen LogP contribution in [0.3, 0.4) is 0 Å². The molecule has 5 atom stereocenters. The van der Waals surface area contributed by atoms with Crippen molar-refractivity contribution in [1.82, 2.24) is 24.8 Å². The van der Waals surface area contributed by atoms with Crippen LogP contribution in [0.15, 0.2) is 12.5 Å². The van der Waals surface area contributed by atoms with Gasteiger partial charge in [-0.1, -0.05) is 25.6 Å². The van der Waals surface area contributed by atoms with Gasteiger partial charge in [-0.25, -0.2) is 23.7 Å². The summed E-state index contributed by atoms with van der Waals surface area (Å²) in [6.45, 7) is 6.18. The molecule has 0 unspecified atom stereocenters. The molecule has 0 spiro atoms. The molecular weight excluding hydrogens is 546 g/mol. The molecule has 4 rings (SSSR count). The normalized spacial score (nSPS) is 29.2. The summed E-state index contributed by atoms with van der Waals surface area (Å²) in [6, 6.07) is 0. The van der Waals surface area contributed by atoms with E-state index >= 15 is 4.39 Å². The predicted octanol–water partition coefficient (Wildman–Crippen LogP) is 2.61. The Balaban J connectivity index is 1.32. The van der Waals surface area contributed by atoms with Crippen LogP contribution in [0.25, 0.3) is 11.2 Å². The number of nitrogens with zero attached hydrogens (tertiary/aromatic N) is 4. The molecule has 2 saturated heterocycles. The minimum absolute atomic E-state index is 0.0114. The first-order valence-electron chi connectivity index (χ1n) is 11.8. The van der Waals surface area contributed by atoms with E-state index < -0.39 is 43.4 Å². The number of imidazole rings is 1. The van der Waals surface area contributed by atoms with Gasteiger partial charge in [-0.05, 0) is 13.8 Å². The van der Waals surface area contributed by atoms with Gasteiger partial charge in [-0.15, -0.1) is 0 Å². The summed E-state index contributed by atoms with van der Waals surface area (Å²) < 4.78 is 57.3. The SMILES string of the molecule is CCOC(=O)NCC(C)(C)C(=O)SCCO[P@@]1(=O)OC[C@H]2O[C@@H](n3cnc4cnc(N)nc43)[C@](C)(F)[C@@H]2O1. The second kappa shape index (κ2) is 11.0. The van der Waals surface area contributed by atoms with E-state index in [9.17, 15) is 14.2 Å². The molecule has 0 bridgehead atoms. The molecule has 0 aromatic carbocycles. The second-order valence-corrected chi connectivity index (χ2v) is 12.2. The minimum Gasteiger partial charge on any atom is -0.450 e. The minimum atomic E-state index is -4.15. The number of alkyl halides is 1. The lowest BCUT2D eigenvalue weighted by Gasteiger charge is -2.33. The number of nitrogen functional groups attached to an aromatic ring is 1. The van der Waals surface area contributed by atoms with Gasteiger partial charge in [-0.2, -0.15) is 4.98 Å². The summed E-state index contributed by atoms with van der Waals surface area (Å²) in [5.41, 5.74) is 3.29. The first kappa shape index (κ1) is 28.6. The highest BCUT2D eigenvalue weighted by Gasteiger charge is 2.61. The van der Waals surface area contributed by atoms with E-state index in [0.717, 1.165) is 11.8 Å². The van der Waals surface area contributed by atoms with Crippen molar-refractivity contribution >= 4 is 47.9 Å². The number of nitrogens with two attached hydrogens (primary N) is 1. The monoisotopic (exact) mass is 576 g/mol. The van der Waals surface area contributed by atoms with E-state index in [4.69, 9.17) is 28.8 Å². The molecule has 2 fully saturated rings. The van der Waals surface area contributed by atoms with Crippen LogP contribution in [0.4, 0.5) is 15.1 Å². The average Bonchev–Trinajstić information content (AvgIpc) is 3.37. The number of fused-ring (bicyclic) bond motifs is 2. The predicted molar refractivity (Wildman–Crippen MR) is 134 cm³/mol. The molecule has 1 amide bonds. The number of alkyl carbamates (subject to hydrolysis) is 1. The number of ether oxygens (including phenoxy) is 2. The molecule has 3 N–H and O–H groups in total. The first-order valence-corrected chi connectivity index (χ1v) is 14.3. The maximum atomic E-state index is 16.1. The maximum absolute atomic E-state index is 16.1. The van der Waals surface area contributed by atoms with Crippen LogP contribution in [-0.2, 0) is 32.4 Å². The number of hydrogen-bond acceptors (Lipinski definition) is 13. The zero-order chi connectivity index (χ0) is 27.7. The summed E-state index contributed by atoms with van der Waals surface area (Å²) in [4.78, 5) is 36.2. The smallest absolute Gasteiger partial charge is 0.450 e. The third-order valence-electron chi connectivity index (χ3n) is 5.98. The standard InChI is InChI=1S/C21H30FN6O8PS/c1-5-32-19(30)25-10-20(2,3)17(29)38-7-6-33-37(31)34-9-13-14(36-37)21(4,22)16(35-13)28-11-26-12-8-24-18(23)27-15(12)28/h8,11,13-14,16H,5-7,9-10H2,1-4H3,(H,25,30)(H2,23,24,27)/t13-,14-,16-,21-,37+/m1/s1. The van der Waals surface area contributed by atoms with E-state index in [2.05, 4.69) is 20.3 Å². The molecule has 0 aliphatic carbocycles. The molecule has 38 heavy (non-hydrogen) atoms. The van der Waals surface area contributed by atoms with Crippen LogP contribution in [-0.4, -0.2) is 80.7 Å². The maximum Gasteiger partial charge on any atom is 0.475 e. The summed E-state index contributed by atoms with van der Waals surface area (Å²) in [6.07, 6.45) is -1.21. The van der Waals surface area contributed by atoms with E-state index in [1.165, 1.54) is 24.0 Å². The number of carbonyl (C=O) groups is 2. The van der Waals surface area contributed by atoms with Crippen LogP contribution in [0.1, 0.15) is 33.9 Å². The molecule has 0 radical (unpaired) electrons. The Hall–Kier alpha value is -2.36. The first-order chi connectivity index (χ1) is 17.9. The molecular formula is C21H30FN6O8PS. The number of anilines is 1. The van der Waals surface area contributed by atoms with E-state index in [1.54, 1.807) is 20.8 Å². The van der Waals surface area contributed by atoms with Crippen LogP contribution >= 0.6 is 19.6 Å². The van der Waals surface area contributed by atoms with Gasteiger partial charge >= 0.3 is 13.9 Å². The zero-order valence-corrected chi connectivity index (χ0v) is 23.0. The van der Waals surface area contributed by atoms with Crippen molar-refractivity contribution in [2.75, 3.05) is 37.9 Å². The molecule has 4 heterocycles. The number of hydrogen-bond donors (Lipinski definition) is 2. The molecule has 2 aliphatic rings. The lowest BCUT2D eigenvalue weighted by Crippen LogP contribution is -2.44. The Labute approximate surface area is 222 Å². The Kier molecular flexibility index (Phi) is 8.31.